The number of rotatable bonds is 4. The lowest BCUT2D eigenvalue weighted by atomic mass is 10.1. The van der Waals surface area contributed by atoms with Crippen molar-refractivity contribution in [3.63, 3.8) is 0 Å². The average molecular weight is 374 g/mol. The van der Waals surface area contributed by atoms with Gasteiger partial charge in [0.15, 0.2) is 5.78 Å². The molecule has 0 amide bonds. The first-order chi connectivity index (χ1) is 11.0. The lowest BCUT2D eigenvalue weighted by molar-refractivity contribution is 0.0997. The van der Waals surface area contributed by atoms with Gasteiger partial charge in [0.25, 0.3) is 0 Å². The zero-order chi connectivity index (χ0) is 17.2. The molecule has 0 aliphatic heterocycles. The number of Topliss-reactive ketones (excluding diaryl/α,β-unsaturated/α-hetero) is 1. The van der Waals surface area contributed by atoms with E-state index in [0.29, 0.717) is 5.56 Å². The molecule has 0 spiro atoms. The van der Waals surface area contributed by atoms with Gasteiger partial charge < -0.3 is 5.43 Å². The second-order valence-electron chi connectivity index (χ2n) is 4.89. The van der Waals surface area contributed by atoms with Crippen LogP contribution >= 0.6 is 15.9 Å². The lowest BCUT2D eigenvalue weighted by Crippen LogP contribution is -2.15. The zero-order valence-electron chi connectivity index (χ0n) is 13.5. The summed E-state index contributed by atoms with van der Waals surface area (Å²) in [5, 5.41) is 8.27. The number of benzene rings is 2. The molecule has 2 rings (SSSR count). The molecular formula is C18H20BrN3O. The number of nitrogens with zero attached hydrogens (tertiary/aromatic N) is 1. The molecule has 2 N–H and O–H groups in total. The van der Waals surface area contributed by atoms with Crippen molar-refractivity contribution in [2.24, 2.45) is 0 Å². The molecule has 5 heteroatoms. The molecule has 2 aromatic rings. The molecule has 23 heavy (non-hydrogen) atoms. The third kappa shape index (κ3) is 6.23. The van der Waals surface area contributed by atoms with Gasteiger partial charge in [-0.1, -0.05) is 40.2 Å². The number of hydrogen-bond donors (Lipinski definition) is 2. The third-order valence-electron chi connectivity index (χ3n) is 3.27. The Morgan fingerprint density at radius 2 is 1.83 bits per heavy atom. The maximum absolute atomic E-state index is 11.1. The topological polar surface area (TPSA) is 64.9 Å². The minimum Gasteiger partial charge on any atom is -0.321 e. The van der Waals surface area contributed by atoms with Crippen molar-refractivity contribution < 1.29 is 4.79 Å². The molecule has 0 heterocycles. The number of halogens is 1. The van der Waals surface area contributed by atoms with Gasteiger partial charge in [0.2, 0.25) is 0 Å². The Kier molecular flexibility index (Phi) is 8.03. The van der Waals surface area contributed by atoms with Crippen molar-refractivity contribution in [2.45, 2.75) is 20.3 Å². The highest BCUT2D eigenvalue weighted by molar-refractivity contribution is 9.10. The Bertz CT molecular complexity index is 690. The molecule has 0 radical (unpaired) electrons. The van der Waals surface area contributed by atoms with Gasteiger partial charge in [-0.3, -0.25) is 4.79 Å². The standard InChI is InChI=1S/C9H6BrNO.C9H14N2/c10-8-3-1-7(2-4-8)9(12)5-6-11;1-7-5-4-6-9(8(7)2)11-10-3/h1-4H,5H2;4-6,10-11H,1-3H3. The fourth-order valence-corrected chi connectivity index (χ4v) is 2.10. The summed E-state index contributed by atoms with van der Waals surface area (Å²) < 4.78 is 0.927. The second kappa shape index (κ2) is 9.78. The SMILES string of the molecule is CNNc1cccc(C)c1C.N#CCC(=O)c1ccc(Br)cc1. The molecule has 120 valence electrons. The minimum atomic E-state index is -0.134. The van der Waals surface area contributed by atoms with Crippen LogP contribution in [0.5, 0.6) is 0 Å². The molecule has 0 atom stereocenters. The van der Waals surface area contributed by atoms with Crippen LogP contribution in [0.15, 0.2) is 46.9 Å². The predicted octanol–water partition coefficient (Wildman–Crippen LogP) is 4.40. The molecule has 0 unspecified atom stereocenters. The van der Waals surface area contributed by atoms with E-state index in [1.807, 2.05) is 19.2 Å². The van der Waals surface area contributed by atoms with Gasteiger partial charge in [0, 0.05) is 17.1 Å². The number of nitriles is 1. The van der Waals surface area contributed by atoms with Crippen LogP contribution in [0.4, 0.5) is 5.69 Å². The van der Waals surface area contributed by atoms with E-state index in [1.54, 1.807) is 24.3 Å². The van der Waals surface area contributed by atoms with Gasteiger partial charge >= 0.3 is 0 Å². The van der Waals surface area contributed by atoms with Crippen molar-refractivity contribution in [1.29, 1.82) is 5.26 Å². The van der Waals surface area contributed by atoms with E-state index in [9.17, 15) is 4.79 Å². The number of aryl methyl sites for hydroxylation is 1. The molecule has 0 aliphatic rings. The fourth-order valence-electron chi connectivity index (χ4n) is 1.83. The highest BCUT2D eigenvalue weighted by Gasteiger charge is 2.03. The summed E-state index contributed by atoms with van der Waals surface area (Å²) in [6.45, 7) is 4.21. The summed E-state index contributed by atoms with van der Waals surface area (Å²) >= 11 is 3.26. The number of nitrogens with one attached hydrogen (secondary N) is 2. The van der Waals surface area contributed by atoms with Gasteiger partial charge in [0.1, 0.15) is 0 Å². The summed E-state index contributed by atoms with van der Waals surface area (Å²) in [7, 11) is 1.86. The van der Waals surface area contributed by atoms with E-state index in [0.717, 1.165) is 10.2 Å². The Balaban J connectivity index is 0.000000231. The van der Waals surface area contributed by atoms with Crippen LogP contribution < -0.4 is 10.9 Å². The third-order valence-corrected chi connectivity index (χ3v) is 3.80. The summed E-state index contributed by atoms with van der Waals surface area (Å²) in [5.74, 6) is -0.134. The predicted molar refractivity (Wildman–Crippen MR) is 97.3 cm³/mol. The molecule has 0 saturated carbocycles. The maximum atomic E-state index is 11.1. The Hall–Kier alpha value is -2.16. The van der Waals surface area contributed by atoms with Crippen LogP contribution in [0, 0.1) is 25.2 Å². The number of carbonyl (C=O) groups is 1. The second-order valence-corrected chi connectivity index (χ2v) is 5.80. The van der Waals surface area contributed by atoms with E-state index >= 15 is 0 Å². The highest BCUT2D eigenvalue weighted by atomic mass is 79.9. The van der Waals surface area contributed by atoms with Crippen LogP contribution in [-0.2, 0) is 0 Å². The first-order valence-electron chi connectivity index (χ1n) is 7.14. The summed E-state index contributed by atoms with van der Waals surface area (Å²) in [6, 6.07) is 15.0. The van der Waals surface area contributed by atoms with Crippen molar-refractivity contribution in [1.82, 2.24) is 5.43 Å². The maximum Gasteiger partial charge on any atom is 0.176 e. The molecule has 4 nitrogen and oxygen atoms in total. The molecule has 0 aromatic heterocycles. The van der Waals surface area contributed by atoms with Gasteiger partial charge in [-0.15, -0.1) is 0 Å². The van der Waals surface area contributed by atoms with Gasteiger partial charge in [-0.2, -0.15) is 5.26 Å². The number of ketones is 1. The van der Waals surface area contributed by atoms with Crippen LogP contribution in [-0.4, -0.2) is 12.8 Å². The number of anilines is 1. The van der Waals surface area contributed by atoms with Gasteiger partial charge in [-0.05, 0) is 43.2 Å². The first kappa shape index (κ1) is 18.9. The zero-order valence-corrected chi connectivity index (χ0v) is 15.1. The summed E-state index contributed by atoms with van der Waals surface area (Å²) in [4.78, 5) is 11.1. The van der Waals surface area contributed by atoms with Crippen molar-refractivity contribution >= 4 is 27.4 Å². The number of hydrazine groups is 1. The largest absolute Gasteiger partial charge is 0.321 e. The van der Waals surface area contributed by atoms with Crippen molar-refractivity contribution in [2.75, 3.05) is 12.5 Å². The van der Waals surface area contributed by atoms with Crippen molar-refractivity contribution in [3.05, 3.63) is 63.6 Å². The van der Waals surface area contributed by atoms with Crippen LogP contribution in [0.2, 0.25) is 0 Å². The summed E-state index contributed by atoms with van der Waals surface area (Å²) in [6.07, 6.45) is -0.0539. The first-order valence-corrected chi connectivity index (χ1v) is 7.93. The van der Waals surface area contributed by atoms with Crippen LogP contribution in [0.1, 0.15) is 27.9 Å². The van der Waals surface area contributed by atoms with E-state index < -0.39 is 0 Å². The van der Waals surface area contributed by atoms with E-state index in [-0.39, 0.29) is 12.2 Å². The number of hydrogen-bond acceptors (Lipinski definition) is 4. The Labute approximate surface area is 145 Å². The lowest BCUT2D eigenvalue weighted by Gasteiger charge is -2.09. The van der Waals surface area contributed by atoms with Gasteiger partial charge in [0.05, 0.1) is 18.2 Å². The van der Waals surface area contributed by atoms with Gasteiger partial charge in [-0.25, -0.2) is 5.43 Å². The molecule has 0 saturated heterocycles. The molecule has 2 aromatic carbocycles. The molecule has 0 aliphatic carbocycles. The normalized spacial score (nSPS) is 9.35. The Morgan fingerprint density at radius 1 is 1.17 bits per heavy atom. The molecule has 0 bridgehead atoms. The Morgan fingerprint density at radius 3 is 2.39 bits per heavy atom. The quantitative estimate of drug-likeness (QED) is 0.615. The van der Waals surface area contributed by atoms with E-state index in [1.165, 1.54) is 11.1 Å². The number of carbonyl (C=O) groups excluding carboxylic acids is 1. The van der Waals surface area contributed by atoms with Crippen LogP contribution in [0.3, 0.4) is 0 Å². The summed E-state index contributed by atoms with van der Waals surface area (Å²) in [5.41, 5.74) is 10.3. The van der Waals surface area contributed by atoms with E-state index in [2.05, 4.69) is 52.8 Å². The average Bonchev–Trinajstić information content (AvgIpc) is 2.53. The fraction of sp³-hybridized carbons (Fsp3) is 0.222. The monoisotopic (exact) mass is 373 g/mol. The minimum absolute atomic E-state index is 0.0539. The molecular weight excluding hydrogens is 354 g/mol. The van der Waals surface area contributed by atoms with Crippen LogP contribution in [0.25, 0.3) is 0 Å². The smallest absolute Gasteiger partial charge is 0.176 e. The van der Waals surface area contributed by atoms with E-state index in [4.69, 9.17) is 5.26 Å². The van der Waals surface area contributed by atoms with Crippen molar-refractivity contribution in [3.8, 4) is 6.07 Å². The molecule has 0 fully saturated rings. The highest BCUT2D eigenvalue weighted by Crippen LogP contribution is 2.16.